The van der Waals surface area contributed by atoms with E-state index in [9.17, 15) is 9.18 Å². The van der Waals surface area contributed by atoms with E-state index in [4.69, 9.17) is 16.2 Å². The first-order valence-electron chi connectivity index (χ1n) is 5.48. The summed E-state index contributed by atoms with van der Waals surface area (Å²) < 4.78 is 18.4. The second-order valence-corrected chi connectivity index (χ2v) is 3.92. The first-order chi connectivity index (χ1) is 9.06. The Hall–Kier alpha value is -2.63. The topological polar surface area (TPSA) is 91.2 Å². The maximum atomic E-state index is 12.9. The maximum Gasteiger partial charge on any atom is 0.252 e. The minimum atomic E-state index is -0.639. The third-order valence-corrected chi connectivity index (χ3v) is 2.42. The molecule has 4 N–H and O–H groups in total. The highest BCUT2D eigenvalue weighted by Gasteiger charge is 2.10. The zero-order chi connectivity index (χ0) is 13.8. The van der Waals surface area contributed by atoms with E-state index in [0.29, 0.717) is 17.0 Å². The highest BCUT2D eigenvalue weighted by molar-refractivity contribution is 5.96. The summed E-state index contributed by atoms with van der Waals surface area (Å²) in [6.45, 7) is 0.0783. The van der Waals surface area contributed by atoms with Gasteiger partial charge in [0.05, 0.1) is 11.8 Å². The maximum absolute atomic E-state index is 12.9. The number of aromatic nitrogens is 1. The van der Waals surface area contributed by atoms with Gasteiger partial charge in [-0.3, -0.25) is 9.78 Å². The van der Waals surface area contributed by atoms with Crippen LogP contribution in [0.25, 0.3) is 0 Å². The largest absolute Gasteiger partial charge is 0.488 e. The molecule has 6 heteroatoms. The molecule has 0 aliphatic carbocycles. The molecule has 0 spiro atoms. The lowest BCUT2D eigenvalue weighted by atomic mass is 10.1. The lowest BCUT2D eigenvalue weighted by Gasteiger charge is -2.10. The Balaban J connectivity index is 2.17. The Morgan fingerprint density at radius 3 is 2.79 bits per heavy atom. The number of pyridine rings is 1. The van der Waals surface area contributed by atoms with Gasteiger partial charge in [0.2, 0.25) is 0 Å². The van der Waals surface area contributed by atoms with Crippen molar-refractivity contribution in [3.05, 3.63) is 53.6 Å². The number of carbonyl (C=O) groups is 1. The quantitative estimate of drug-likeness (QED) is 0.815. The van der Waals surface area contributed by atoms with Gasteiger partial charge in [0, 0.05) is 17.4 Å². The first-order valence-corrected chi connectivity index (χ1v) is 5.48. The molecule has 2 rings (SSSR count). The number of hydrogen-bond acceptors (Lipinski definition) is 4. The van der Waals surface area contributed by atoms with Gasteiger partial charge in [0.15, 0.2) is 0 Å². The minimum Gasteiger partial charge on any atom is -0.488 e. The van der Waals surface area contributed by atoms with Crippen molar-refractivity contribution in [3.63, 3.8) is 0 Å². The van der Waals surface area contributed by atoms with E-state index in [1.165, 1.54) is 18.3 Å². The van der Waals surface area contributed by atoms with Gasteiger partial charge < -0.3 is 16.2 Å². The van der Waals surface area contributed by atoms with Crippen LogP contribution in [0.2, 0.25) is 0 Å². The first kappa shape index (κ1) is 12.8. The fourth-order valence-electron chi connectivity index (χ4n) is 1.56. The van der Waals surface area contributed by atoms with E-state index in [-0.39, 0.29) is 12.2 Å². The van der Waals surface area contributed by atoms with E-state index in [1.807, 2.05) is 0 Å². The molecule has 1 aromatic carbocycles. The fourth-order valence-corrected chi connectivity index (χ4v) is 1.56. The predicted molar refractivity (Wildman–Crippen MR) is 67.9 cm³/mol. The molecule has 0 bridgehead atoms. The van der Waals surface area contributed by atoms with E-state index < -0.39 is 11.7 Å². The molecule has 5 nitrogen and oxygen atoms in total. The zero-order valence-corrected chi connectivity index (χ0v) is 9.97. The molecular formula is C13H12FN3O2. The van der Waals surface area contributed by atoms with Gasteiger partial charge in [-0.1, -0.05) is 0 Å². The van der Waals surface area contributed by atoms with Crippen LogP contribution in [0.15, 0.2) is 36.7 Å². The molecule has 2 aromatic rings. The van der Waals surface area contributed by atoms with Crippen LogP contribution >= 0.6 is 0 Å². The van der Waals surface area contributed by atoms with Gasteiger partial charge >= 0.3 is 0 Å². The van der Waals surface area contributed by atoms with Gasteiger partial charge in [0.1, 0.15) is 18.2 Å². The Kier molecular flexibility index (Phi) is 3.61. The number of rotatable bonds is 4. The normalized spacial score (nSPS) is 10.2. The van der Waals surface area contributed by atoms with Crippen molar-refractivity contribution < 1.29 is 13.9 Å². The molecule has 0 saturated heterocycles. The Morgan fingerprint density at radius 2 is 2.11 bits per heavy atom. The number of nitrogen functional groups attached to an aromatic ring is 1. The number of anilines is 1. The molecule has 0 fully saturated rings. The summed E-state index contributed by atoms with van der Waals surface area (Å²) in [7, 11) is 0. The van der Waals surface area contributed by atoms with Crippen LogP contribution in [-0.4, -0.2) is 10.9 Å². The lowest BCUT2D eigenvalue weighted by molar-refractivity contribution is 0.0996. The van der Waals surface area contributed by atoms with Gasteiger partial charge in [-0.05, 0) is 24.3 Å². The standard InChI is InChI=1S/C13H12FN3O2/c14-9-3-8(5-17-6-9)7-19-12-2-1-10(15)4-11(12)13(16)18/h1-6H,7,15H2,(H2,16,18). The van der Waals surface area contributed by atoms with Crippen LogP contribution in [-0.2, 0) is 6.61 Å². The Labute approximate surface area is 109 Å². The van der Waals surface area contributed by atoms with E-state index >= 15 is 0 Å². The fraction of sp³-hybridized carbons (Fsp3) is 0.0769. The van der Waals surface area contributed by atoms with E-state index in [0.717, 1.165) is 6.20 Å². The summed E-state index contributed by atoms with van der Waals surface area (Å²) in [5, 5.41) is 0. The molecule has 1 aromatic heterocycles. The van der Waals surface area contributed by atoms with Crippen molar-refractivity contribution in [2.24, 2.45) is 5.73 Å². The van der Waals surface area contributed by atoms with Gasteiger partial charge in [-0.15, -0.1) is 0 Å². The molecule has 0 aliphatic rings. The van der Waals surface area contributed by atoms with Crippen molar-refractivity contribution in [3.8, 4) is 5.75 Å². The number of benzene rings is 1. The number of ether oxygens (including phenoxy) is 1. The van der Waals surface area contributed by atoms with E-state index in [1.54, 1.807) is 12.1 Å². The van der Waals surface area contributed by atoms with Gasteiger partial charge in [-0.2, -0.15) is 0 Å². The zero-order valence-electron chi connectivity index (χ0n) is 9.97. The molecule has 0 unspecified atom stereocenters. The van der Waals surface area contributed by atoms with Crippen LogP contribution < -0.4 is 16.2 Å². The second-order valence-electron chi connectivity index (χ2n) is 3.92. The summed E-state index contributed by atoms with van der Waals surface area (Å²) >= 11 is 0. The SMILES string of the molecule is NC(=O)c1cc(N)ccc1OCc1cncc(F)c1. The number of nitrogens with zero attached hydrogens (tertiary/aromatic N) is 1. The Morgan fingerprint density at radius 1 is 1.32 bits per heavy atom. The van der Waals surface area contributed by atoms with Crippen molar-refractivity contribution in [2.45, 2.75) is 6.61 Å². The predicted octanol–water partition coefficient (Wildman–Crippen LogP) is 1.48. The van der Waals surface area contributed by atoms with Crippen LogP contribution in [0, 0.1) is 5.82 Å². The molecule has 0 saturated carbocycles. The molecule has 19 heavy (non-hydrogen) atoms. The second kappa shape index (κ2) is 5.34. The average molecular weight is 261 g/mol. The van der Waals surface area contributed by atoms with Gasteiger partial charge in [-0.25, -0.2) is 4.39 Å². The summed E-state index contributed by atoms with van der Waals surface area (Å²) in [6, 6.07) is 5.86. The van der Waals surface area contributed by atoms with Crippen molar-refractivity contribution in [2.75, 3.05) is 5.73 Å². The molecular weight excluding hydrogens is 249 g/mol. The van der Waals surface area contributed by atoms with Crippen molar-refractivity contribution >= 4 is 11.6 Å². The highest BCUT2D eigenvalue weighted by Crippen LogP contribution is 2.22. The molecule has 98 valence electrons. The summed E-state index contributed by atoms with van der Waals surface area (Å²) in [5.74, 6) is -0.792. The minimum absolute atomic E-state index is 0.0783. The summed E-state index contributed by atoms with van der Waals surface area (Å²) in [5.41, 5.74) is 11.9. The summed E-state index contributed by atoms with van der Waals surface area (Å²) in [4.78, 5) is 15.0. The third-order valence-electron chi connectivity index (χ3n) is 2.42. The lowest BCUT2D eigenvalue weighted by Crippen LogP contribution is -2.13. The summed E-state index contributed by atoms with van der Waals surface area (Å²) in [6.07, 6.45) is 2.58. The average Bonchev–Trinajstić information content (AvgIpc) is 2.37. The molecule has 0 radical (unpaired) electrons. The molecule has 1 amide bonds. The molecule has 1 heterocycles. The number of amides is 1. The monoisotopic (exact) mass is 261 g/mol. The van der Waals surface area contributed by atoms with Crippen LogP contribution in [0.5, 0.6) is 5.75 Å². The molecule has 0 atom stereocenters. The smallest absolute Gasteiger partial charge is 0.252 e. The van der Waals surface area contributed by atoms with Crippen LogP contribution in [0.1, 0.15) is 15.9 Å². The highest BCUT2D eigenvalue weighted by atomic mass is 19.1. The number of halogens is 1. The van der Waals surface area contributed by atoms with Crippen molar-refractivity contribution in [1.29, 1.82) is 0 Å². The number of primary amides is 1. The number of hydrogen-bond donors (Lipinski definition) is 2. The number of nitrogens with two attached hydrogens (primary N) is 2. The van der Waals surface area contributed by atoms with Crippen LogP contribution in [0.4, 0.5) is 10.1 Å². The van der Waals surface area contributed by atoms with Crippen LogP contribution in [0.3, 0.4) is 0 Å². The molecule has 0 aliphatic heterocycles. The number of carbonyl (C=O) groups excluding carboxylic acids is 1. The third kappa shape index (κ3) is 3.19. The van der Waals surface area contributed by atoms with Gasteiger partial charge in [0.25, 0.3) is 5.91 Å². The van der Waals surface area contributed by atoms with E-state index in [2.05, 4.69) is 4.98 Å². The van der Waals surface area contributed by atoms with Crippen molar-refractivity contribution in [1.82, 2.24) is 4.98 Å². The Bertz CT molecular complexity index is 617.